The fourth-order valence-electron chi connectivity index (χ4n) is 4.98. The van der Waals surface area contributed by atoms with Gasteiger partial charge in [0.25, 0.3) is 11.8 Å². The lowest BCUT2D eigenvalue weighted by Crippen LogP contribution is -2.49. The molecule has 3 heterocycles. The van der Waals surface area contributed by atoms with Crippen molar-refractivity contribution in [2.75, 3.05) is 57.9 Å². The summed E-state index contributed by atoms with van der Waals surface area (Å²) in [6.07, 6.45) is 2.49. The van der Waals surface area contributed by atoms with Crippen molar-refractivity contribution >= 4 is 35.1 Å². The molecule has 2 amide bonds. The van der Waals surface area contributed by atoms with E-state index in [1.807, 2.05) is 0 Å². The molecule has 0 radical (unpaired) electrons. The van der Waals surface area contributed by atoms with E-state index >= 15 is 0 Å². The number of hydrogen-bond acceptors (Lipinski definition) is 10. The molecule has 1 unspecified atom stereocenters. The van der Waals surface area contributed by atoms with Gasteiger partial charge in [0.2, 0.25) is 5.95 Å². The fourth-order valence-corrected chi connectivity index (χ4v) is 5.62. The van der Waals surface area contributed by atoms with Crippen molar-refractivity contribution in [3.8, 4) is 0 Å². The van der Waals surface area contributed by atoms with Gasteiger partial charge in [0, 0.05) is 32.7 Å². The number of benzene rings is 1. The third kappa shape index (κ3) is 10.1. The molecule has 0 spiro atoms. The first kappa shape index (κ1) is 33.0. The summed E-state index contributed by atoms with van der Waals surface area (Å²) in [4.78, 5) is 50.8. The number of amides is 2. The van der Waals surface area contributed by atoms with Crippen LogP contribution in [0, 0.1) is 20.8 Å². The highest BCUT2D eigenvalue weighted by molar-refractivity contribution is 7.12. The molecule has 4 rings (SSSR count). The van der Waals surface area contributed by atoms with Crippen LogP contribution in [0.25, 0.3) is 0 Å². The molecule has 1 aromatic carbocycles. The van der Waals surface area contributed by atoms with Gasteiger partial charge in [-0.1, -0.05) is 35.9 Å². The number of thiophene rings is 1. The molecule has 1 aliphatic rings. The monoisotopic (exact) mass is 622 g/mol. The molecule has 1 saturated heterocycles. The first-order chi connectivity index (χ1) is 21.3. The summed E-state index contributed by atoms with van der Waals surface area (Å²) in [6.45, 7) is 10.2. The fraction of sp³-hybridized carbons (Fsp3) is 0.469. The lowest BCUT2D eigenvalue weighted by molar-refractivity contribution is -0.146. The Morgan fingerprint density at radius 2 is 1.80 bits per heavy atom. The van der Waals surface area contributed by atoms with E-state index in [-0.39, 0.29) is 24.6 Å². The lowest BCUT2D eigenvalue weighted by Gasteiger charge is -2.26. The number of nitrogens with zero attached hydrogens (tertiary/aromatic N) is 3. The smallest absolute Gasteiger partial charge is 0.330 e. The molecule has 3 N–H and O–H groups in total. The normalized spacial score (nSPS) is 14.1. The average Bonchev–Trinajstić information content (AvgIpc) is 3.55. The van der Waals surface area contributed by atoms with Gasteiger partial charge in [0.05, 0.1) is 41.6 Å². The van der Waals surface area contributed by atoms with Gasteiger partial charge < -0.3 is 25.4 Å². The molecular formula is C32H42N6O5S. The van der Waals surface area contributed by atoms with E-state index in [1.165, 1.54) is 22.5 Å². The zero-order valence-electron chi connectivity index (χ0n) is 25.7. The molecule has 236 valence electrons. The van der Waals surface area contributed by atoms with Crippen molar-refractivity contribution < 1.29 is 23.9 Å². The van der Waals surface area contributed by atoms with Gasteiger partial charge in [0.1, 0.15) is 6.04 Å². The van der Waals surface area contributed by atoms with Crippen molar-refractivity contribution in [1.82, 2.24) is 25.5 Å². The van der Waals surface area contributed by atoms with Crippen LogP contribution in [0.4, 0.5) is 5.95 Å². The Bertz CT molecular complexity index is 1370. The molecule has 11 nitrogen and oxygen atoms in total. The number of carbonyl (C=O) groups is 3. The Balaban J connectivity index is 1.34. The van der Waals surface area contributed by atoms with Gasteiger partial charge >= 0.3 is 5.97 Å². The predicted molar refractivity (Wildman–Crippen MR) is 170 cm³/mol. The number of esters is 1. The molecule has 0 saturated carbocycles. The van der Waals surface area contributed by atoms with Gasteiger partial charge in [-0.25, -0.2) is 14.8 Å². The van der Waals surface area contributed by atoms with Gasteiger partial charge in [-0.05, 0) is 57.0 Å². The van der Waals surface area contributed by atoms with E-state index in [0.29, 0.717) is 48.4 Å². The zero-order chi connectivity index (χ0) is 31.3. The molecule has 0 aliphatic carbocycles. The van der Waals surface area contributed by atoms with Crippen LogP contribution in [-0.2, 0) is 20.7 Å². The Hall–Kier alpha value is -3.87. The maximum Gasteiger partial charge on any atom is 0.330 e. The number of carbonyl (C=O) groups excluding carboxylic acids is 3. The predicted octanol–water partition coefficient (Wildman–Crippen LogP) is 3.30. The van der Waals surface area contributed by atoms with Crippen molar-refractivity contribution in [2.45, 2.75) is 46.1 Å². The highest BCUT2D eigenvalue weighted by Crippen LogP contribution is 2.14. The first-order valence-corrected chi connectivity index (χ1v) is 15.9. The summed E-state index contributed by atoms with van der Waals surface area (Å²) >= 11 is 1.29. The molecule has 0 bridgehead atoms. The van der Waals surface area contributed by atoms with Gasteiger partial charge in [-0.3, -0.25) is 14.5 Å². The first-order valence-electron chi connectivity index (χ1n) is 15.0. The van der Waals surface area contributed by atoms with Crippen LogP contribution in [0.3, 0.4) is 0 Å². The van der Waals surface area contributed by atoms with E-state index in [9.17, 15) is 14.4 Å². The Kier molecular flexibility index (Phi) is 12.6. The van der Waals surface area contributed by atoms with E-state index in [2.05, 4.69) is 62.0 Å². The van der Waals surface area contributed by atoms with Crippen LogP contribution < -0.4 is 16.0 Å². The molecule has 2 aromatic heterocycles. The summed E-state index contributed by atoms with van der Waals surface area (Å²) < 4.78 is 10.9. The summed E-state index contributed by atoms with van der Waals surface area (Å²) in [5, 5.41) is 10.5. The maximum absolute atomic E-state index is 13.4. The minimum atomic E-state index is -1.09. The number of hydrogen-bond donors (Lipinski definition) is 3. The van der Waals surface area contributed by atoms with E-state index in [4.69, 9.17) is 9.47 Å². The summed E-state index contributed by atoms with van der Waals surface area (Å²) in [7, 11) is 0. The summed E-state index contributed by atoms with van der Waals surface area (Å²) in [5.41, 5.74) is 3.77. The van der Waals surface area contributed by atoms with Gasteiger partial charge in [0.15, 0.2) is 0 Å². The van der Waals surface area contributed by atoms with Crippen molar-refractivity contribution in [1.29, 1.82) is 0 Å². The largest absolute Gasteiger partial charge is 0.464 e. The Morgan fingerprint density at radius 1 is 1.02 bits per heavy atom. The van der Waals surface area contributed by atoms with Crippen LogP contribution in [0.2, 0.25) is 0 Å². The molecule has 1 fully saturated rings. The number of anilines is 1. The van der Waals surface area contributed by atoms with E-state index < -0.39 is 17.9 Å². The van der Waals surface area contributed by atoms with Gasteiger partial charge in [-0.15, -0.1) is 11.3 Å². The number of ether oxygens (including phenoxy) is 2. The Labute approximate surface area is 262 Å². The second-order valence-corrected chi connectivity index (χ2v) is 11.7. The number of aryl methyl sites for hydroxylation is 4. The zero-order valence-corrected chi connectivity index (χ0v) is 26.5. The van der Waals surface area contributed by atoms with Crippen LogP contribution in [-0.4, -0.2) is 91.2 Å². The molecule has 44 heavy (non-hydrogen) atoms. The van der Waals surface area contributed by atoms with Crippen molar-refractivity contribution in [3.05, 3.63) is 74.7 Å². The second-order valence-electron chi connectivity index (χ2n) is 10.8. The van der Waals surface area contributed by atoms with Crippen LogP contribution in [0.1, 0.15) is 55.4 Å². The highest BCUT2D eigenvalue weighted by atomic mass is 32.1. The molecular weight excluding hydrogens is 580 g/mol. The SMILES string of the molecule is Cc1cccc(CCCNc2nc(C)c(C(=O)NC(CNC(=O)c3cccs3)C(=O)OCCCN3CCOCC3)c(C)n2)c1. The second kappa shape index (κ2) is 16.8. The quantitative estimate of drug-likeness (QED) is 0.172. The van der Waals surface area contributed by atoms with Crippen LogP contribution >= 0.6 is 11.3 Å². The molecule has 1 atom stereocenters. The van der Waals surface area contributed by atoms with Crippen LogP contribution in [0.15, 0.2) is 41.8 Å². The number of nitrogens with one attached hydrogen (secondary N) is 3. The van der Waals surface area contributed by atoms with E-state index in [1.54, 1.807) is 31.4 Å². The van der Waals surface area contributed by atoms with Gasteiger partial charge in [-0.2, -0.15) is 0 Å². The number of aromatic nitrogens is 2. The summed E-state index contributed by atoms with van der Waals surface area (Å²) in [6, 6.07) is 10.8. The topological polar surface area (TPSA) is 135 Å². The van der Waals surface area contributed by atoms with Crippen molar-refractivity contribution in [2.24, 2.45) is 0 Å². The molecule has 1 aliphatic heterocycles. The molecule has 3 aromatic rings. The average molecular weight is 623 g/mol. The Morgan fingerprint density at radius 3 is 2.50 bits per heavy atom. The maximum atomic E-state index is 13.4. The van der Waals surface area contributed by atoms with Crippen LogP contribution in [0.5, 0.6) is 0 Å². The van der Waals surface area contributed by atoms with Crippen molar-refractivity contribution in [3.63, 3.8) is 0 Å². The standard InChI is InChI=1S/C32H42N6O5S/c1-22-8-4-9-25(20-22)10-5-12-33-32-35-23(2)28(24(3)36-32)30(40)37-26(21-34-29(39)27-11-6-19-44-27)31(41)43-16-7-13-38-14-17-42-18-15-38/h4,6,8-9,11,19-20,26H,5,7,10,12-18,21H2,1-3H3,(H,34,39)(H,37,40)(H,33,35,36). The number of morpholine rings is 1. The highest BCUT2D eigenvalue weighted by Gasteiger charge is 2.26. The third-order valence-electron chi connectivity index (χ3n) is 7.27. The lowest BCUT2D eigenvalue weighted by atomic mass is 10.1. The third-order valence-corrected chi connectivity index (χ3v) is 8.14. The summed E-state index contributed by atoms with van der Waals surface area (Å²) in [5.74, 6) is -1.00. The minimum absolute atomic E-state index is 0.121. The number of rotatable bonds is 15. The van der Waals surface area contributed by atoms with E-state index in [0.717, 1.165) is 32.5 Å². The minimum Gasteiger partial charge on any atom is -0.464 e. The molecule has 12 heteroatoms.